The van der Waals surface area contributed by atoms with Gasteiger partial charge >= 0.3 is 12.1 Å². The number of Topliss-reactive ketones (excluding diaryl/α,β-unsaturated/α-hetero) is 1. The van der Waals surface area contributed by atoms with Gasteiger partial charge in [-0.2, -0.15) is 22.0 Å². The molecule has 0 amide bonds. The van der Waals surface area contributed by atoms with Crippen LogP contribution in [0.2, 0.25) is 0 Å². The minimum absolute atomic E-state index is 0.436. The lowest BCUT2D eigenvalue weighted by Gasteiger charge is -2.19. The van der Waals surface area contributed by atoms with Crippen LogP contribution in [0.1, 0.15) is 10.4 Å². The summed E-state index contributed by atoms with van der Waals surface area (Å²) in [6.45, 7) is 0. The summed E-state index contributed by atoms with van der Waals surface area (Å²) in [4.78, 5) is 11.3. The summed E-state index contributed by atoms with van der Waals surface area (Å²) < 4.78 is 79.2. The van der Waals surface area contributed by atoms with E-state index < -0.39 is 39.5 Å². The number of carbonyl (C=O) groups excluding carboxylic acids is 1. The second-order valence-corrected chi connectivity index (χ2v) is 4.22. The Labute approximate surface area is 111 Å². The van der Waals surface area contributed by atoms with E-state index >= 15 is 0 Å². The normalized spacial score (nSPS) is 12.4. The molecule has 0 radical (unpaired) electrons. The third-order valence-electron chi connectivity index (χ3n) is 2.13. The van der Waals surface area contributed by atoms with Gasteiger partial charge < -0.3 is 4.74 Å². The first-order chi connectivity index (χ1) is 8.52. The zero-order valence-electron chi connectivity index (χ0n) is 9.12. The maximum absolute atomic E-state index is 13.1. The maximum atomic E-state index is 13.1. The zero-order valence-corrected chi connectivity index (χ0v) is 10.7. The molecule has 0 fully saturated rings. The molecule has 0 saturated carbocycles. The highest BCUT2D eigenvalue weighted by Gasteiger charge is 2.63. The van der Waals surface area contributed by atoms with E-state index in [1.54, 1.807) is 0 Å². The zero-order chi connectivity index (χ0) is 15.0. The number of halogens is 7. The molecule has 0 saturated heterocycles. The van der Waals surface area contributed by atoms with Gasteiger partial charge in [-0.3, -0.25) is 4.79 Å². The molecule has 1 rings (SSSR count). The molecule has 0 bridgehead atoms. The minimum Gasteiger partial charge on any atom is -0.496 e. The van der Waals surface area contributed by atoms with Gasteiger partial charge in [-0.25, -0.2) is 4.39 Å². The molecule has 1 aromatic rings. The fraction of sp³-hybridized carbons (Fsp3) is 0.300. The van der Waals surface area contributed by atoms with Crippen LogP contribution in [-0.2, 0) is 0 Å². The quantitative estimate of drug-likeness (QED) is 0.608. The molecule has 0 aliphatic carbocycles. The van der Waals surface area contributed by atoms with Crippen molar-refractivity contribution < 1.29 is 35.9 Å². The Morgan fingerprint density at radius 1 is 1.21 bits per heavy atom. The Morgan fingerprint density at radius 3 is 2.16 bits per heavy atom. The van der Waals surface area contributed by atoms with Crippen molar-refractivity contribution >= 4 is 21.7 Å². The van der Waals surface area contributed by atoms with Crippen LogP contribution in [0.5, 0.6) is 5.75 Å². The Bertz CT molecular complexity index is 511. The van der Waals surface area contributed by atoms with Crippen LogP contribution in [0.4, 0.5) is 26.3 Å². The van der Waals surface area contributed by atoms with Gasteiger partial charge in [0.25, 0.3) is 0 Å². The number of ketones is 1. The van der Waals surface area contributed by atoms with E-state index in [2.05, 4.69) is 20.7 Å². The fourth-order valence-corrected chi connectivity index (χ4v) is 1.52. The van der Waals surface area contributed by atoms with Gasteiger partial charge in [0.2, 0.25) is 5.78 Å². The van der Waals surface area contributed by atoms with E-state index in [1.807, 2.05) is 0 Å². The van der Waals surface area contributed by atoms with Gasteiger partial charge in [0, 0.05) is 6.07 Å². The molecular formula is C10H5BrF6O2. The maximum Gasteiger partial charge on any atom is 0.461 e. The number of hydrogen-bond donors (Lipinski definition) is 0. The van der Waals surface area contributed by atoms with E-state index in [-0.39, 0.29) is 0 Å². The highest BCUT2D eigenvalue weighted by Crippen LogP contribution is 2.40. The van der Waals surface area contributed by atoms with Gasteiger partial charge in [0.15, 0.2) is 0 Å². The Hall–Kier alpha value is -1.25. The lowest BCUT2D eigenvalue weighted by atomic mass is 10.0. The minimum atomic E-state index is -6.05. The summed E-state index contributed by atoms with van der Waals surface area (Å²) in [6.07, 6.45) is -6.05. The lowest BCUT2D eigenvalue weighted by Crippen LogP contribution is -2.44. The van der Waals surface area contributed by atoms with Gasteiger partial charge in [-0.05, 0) is 22.0 Å². The largest absolute Gasteiger partial charge is 0.496 e. The molecule has 0 heterocycles. The van der Waals surface area contributed by atoms with E-state index in [0.29, 0.717) is 12.1 Å². The number of rotatable bonds is 3. The Morgan fingerprint density at radius 2 is 1.74 bits per heavy atom. The number of hydrogen-bond acceptors (Lipinski definition) is 2. The molecule has 2 nitrogen and oxygen atoms in total. The number of methoxy groups -OCH3 is 1. The van der Waals surface area contributed by atoms with Gasteiger partial charge in [0.1, 0.15) is 11.6 Å². The first kappa shape index (κ1) is 15.8. The average Bonchev–Trinajstić information content (AvgIpc) is 2.29. The van der Waals surface area contributed by atoms with E-state index in [9.17, 15) is 31.1 Å². The number of benzene rings is 1. The van der Waals surface area contributed by atoms with E-state index in [4.69, 9.17) is 0 Å². The first-order valence-corrected chi connectivity index (χ1v) is 5.34. The average molecular weight is 351 g/mol. The van der Waals surface area contributed by atoms with Crippen molar-refractivity contribution in [2.45, 2.75) is 12.1 Å². The van der Waals surface area contributed by atoms with Crippen molar-refractivity contribution in [1.29, 1.82) is 0 Å². The topological polar surface area (TPSA) is 26.3 Å². The Balaban J connectivity index is 3.39. The van der Waals surface area contributed by atoms with Crippen LogP contribution in [0.25, 0.3) is 0 Å². The molecule has 106 valence electrons. The number of alkyl halides is 5. The molecule has 0 aliphatic rings. The Kier molecular flexibility index (Phi) is 4.18. The van der Waals surface area contributed by atoms with E-state index in [0.717, 1.165) is 7.11 Å². The van der Waals surface area contributed by atoms with Gasteiger partial charge in [-0.15, -0.1) is 0 Å². The van der Waals surface area contributed by atoms with Crippen molar-refractivity contribution in [3.63, 3.8) is 0 Å². The van der Waals surface area contributed by atoms with Crippen molar-refractivity contribution in [1.82, 2.24) is 0 Å². The van der Waals surface area contributed by atoms with Crippen LogP contribution in [0, 0.1) is 5.82 Å². The lowest BCUT2D eigenvalue weighted by molar-refractivity contribution is -0.255. The molecule has 0 atom stereocenters. The highest BCUT2D eigenvalue weighted by atomic mass is 79.9. The second kappa shape index (κ2) is 5.03. The second-order valence-electron chi connectivity index (χ2n) is 3.37. The highest BCUT2D eigenvalue weighted by molar-refractivity contribution is 9.10. The molecule has 0 aromatic heterocycles. The van der Waals surface area contributed by atoms with Gasteiger partial charge in [0.05, 0.1) is 17.1 Å². The smallest absolute Gasteiger partial charge is 0.461 e. The molecule has 0 spiro atoms. The summed E-state index contributed by atoms with van der Waals surface area (Å²) in [5, 5.41) is 0. The molecular weight excluding hydrogens is 346 g/mol. The molecule has 0 N–H and O–H groups in total. The predicted molar refractivity (Wildman–Crippen MR) is 56.0 cm³/mol. The number of carbonyl (C=O) groups is 1. The molecule has 0 aliphatic heterocycles. The van der Waals surface area contributed by atoms with Crippen molar-refractivity contribution in [2.75, 3.05) is 7.11 Å². The third kappa shape index (κ3) is 2.85. The molecule has 1 aromatic carbocycles. The molecule has 19 heavy (non-hydrogen) atoms. The van der Waals surface area contributed by atoms with Crippen molar-refractivity contribution in [2.24, 2.45) is 0 Å². The van der Waals surface area contributed by atoms with Gasteiger partial charge in [-0.1, -0.05) is 0 Å². The summed E-state index contributed by atoms with van der Waals surface area (Å²) in [7, 11) is 0.908. The van der Waals surface area contributed by atoms with Crippen LogP contribution >= 0.6 is 15.9 Å². The third-order valence-corrected chi connectivity index (χ3v) is 2.74. The molecule has 0 unspecified atom stereocenters. The predicted octanol–water partition coefficient (Wildman–Crippen LogP) is 3.98. The number of ether oxygens (including phenoxy) is 1. The van der Waals surface area contributed by atoms with Crippen molar-refractivity contribution in [3.8, 4) is 5.75 Å². The van der Waals surface area contributed by atoms with Crippen molar-refractivity contribution in [3.05, 3.63) is 28.0 Å². The fourth-order valence-electron chi connectivity index (χ4n) is 1.17. The summed E-state index contributed by atoms with van der Waals surface area (Å²) in [6, 6.07) is 1.04. The standard InChI is InChI=1S/C10H5BrF6O2/c1-19-7-3-6(12)5(11)2-4(7)8(18)9(13,14)10(15,16)17/h2-3H,1H3. The van der Waals surface area contributed by atoms with E-state index in [1.165, 1.54) is 0 Å². The molecule has 9 heteroatoms. The monoisotopic (exact) mass is 350 g/mol. The SMILES string of the molecule is COc1cc(F)c(Br)cc1C(=O)C(F)(F)C(F)(F)F. The first-order valence-electron chi connectivity index (χ1n) is 4.54. The summed E-state index contributed by atoms with van der Waals surface area (Å²) >= 11 is 2.59. The van der Waals surface area contributed by atoms with Crippen LogP contribution in [0.15, 0.2) is 16.6 Å². The summed E-state index contributed by atoms with van der Waals surface area (Å²) in [5.74, 6) is -9.78. The van der Waals surface area contributed by atoms with Crippen LogP contribution < -0.4 is 4.74 Å². The summed E-state index contributed by atoms with van der Waals surface area (Å²) in [5.41, 5.74) is -1.07. The van der Waals surface area contributed by atoms with Crippen LogP contribution in [0.3, 0.4) is 0 Å². The van der Waals surface area contributed by atoms with Crippen LogP contribution in [-0.4, -0.2) is 25.0 Å².